The minimum Gasteiger partial charge on any atom is -0.466 e. The van der Waals surface area contributed by atoms with Gasteiger partial charge in [-0.25, -0.2) is 4.98 Å². The monoisotopic (exact) mass is 340 g/mol. The van der Waals surface area contributed by atoms with Crippen LogP contribution in [0.5, 0.6) is 0 Å². The molecule has 1 N–H and O–H groups in total. The zero-order chi connectivity index (χ0) is 16.7. The Morgan fingerprint density at radius 2 is 2.04 bits per heavy atom. The van der Waals surface area contributed by atoms with Crippen molar-refractivity contribution in [2.45, 2.75) is 13.8 Å². The Kier molecular flexibility index (Phi) is 3.39. The van der Waals surface area contributed by atoms with Crippen LogP contribution in [-0.2, 0) is 0 Å². The lowest BCUT2D eigenvalue weighted by Crippen LogP contribution is -2.11. The first-order valence-electron chi connectivity index (χ1n) is 7.15. The van der Waals surface area contributed by atoms with E-state index in [4.69, 9.17) is 8.83 Å². The van der Waals surface area contributed by atoms with Crippen LogP contribution in [0.2, 0.25) is 0 Å². The van der Waals surface area contributed by atoms with E-state index in [-0.39, 0.29) is 11.9 Å². The number of amides is 1. The number of carbonyl (C=O) groups is 1. The number of thiazole rings is 1. The fourth-order valence-electron chi connectivity index (χ4n) is 2.39. The van der Waals surface area contributed by atoms with Crippen LogP contribution in [0.1, 0.15) is 21.9 Å². The number of hydrogen-bond acceptors (Lipinski definition) is 7. The van der Waals surface area contributed by atoms with Crippen molar-refractivity contribution in [1.82, 2.24) is 15.2 Å². The molecule has 3 heterocycles. The highest BCUT2D eigenvalue weighted by Gasteiger charge is 2.16. The molecule has 4 aromatic rings. The predicted octanol–water partition coefficient (Wildman–Crippen LogP) is 3.81. The molecule has 8 heteroatoms. The Bertz CT molecular complexity index is 1050. The average molecular weight is 340 g/mol. The van der Waals surface area contributed by atoms with E-state index < -0.39 is 0 Å². The molecule has 0 saturated carbocycles. The van der Waals surface area contributed by atoms with E-state index in [1.54, 1.807) is 23.7 Å². The van der Waals surface area contributed by atoms with Gasteiger partial charge in [-0.3, -0.25) is 10.1 Å². The molecule has 0 saturated heterocycles. The van der Waals surface area contributed by atoms with Gasteiger partial charge in [0.2, 0.25) is 0 Å². The summed E-state index contributed by atoms with van der Waals surface area (Å²) in [6, 6.07) is 7.14. The van der Waals surface area contributed by atoms with Crippen LogP contribution in [0, 0.1) is 13.8 Å². The van der Waals surface area contributed by atoms with Crippen LogP contribution in [0.15, 0.2) is 38.6 Å². The Morgan fingerprint density at radius 3 is 2.83 bits per heavy atom. The summed E-state index contributed by atoms with van der Waals surface area (Å²) in [7, 11) is 0. The van der Waals surface area contributed by atoms with Gasteiger partial charge >= 0.3 is 6.01 Å². The van der Waals surface area contributed by atoms with Crippen molar-refractivity contribution >= 4 is 33.5 Å². The molecule has 0 atom stereocenters. The van der Waals surface area contributed by atoms with E-state index in [0.717, 1.165) is 16.0 Å². The first-order chi connectivity index (χ1) is 11.6. The molecule has 120 valence electrons. The molecule has 0 bridgehead atoms. The van der Waals surface area contributed by atoms with Crippen LogP contribution >= 0.6 is 11.3 Å². The van der Waals surface area contributed by atoms with Gasteiger partial charge < -0.3 is 8.83 Å². The van der Waals surface area contributed by atoms with Crippen molar-refractivity contribution in [3.63, 3.8) is 0 Å². The predicted molar refractivity (Wildman–Crippen MR) is 89.0 cm³/mol. The molecular weight excluding hydrogens is 328 g/mol. The van der Waals surface area contributed by atoms with Gasteiger partial charge in [-0.05, 0) is 38.1 Å². The van der Waals surface area contributed by atoms with Crippen molar-refractivity contribution in [1.29, 1.82) is 0 Å². The smallest absolute Gasteiger partial charge is 0.322 e. The number of aryl methyl sites for hydroxylation is 2. The first kappa shape index (κ1) is 14.6. The van der Waals surface area contributed by atoms with Crippen LogP contribution in [0.25, 0.3) is 21.7 Å². The maximum absolute atomic E-state index is 12.3. The largest absolute Gasteiger partial charge is 0.466 e. The number of furan rings is 1. The normalized spacial score (nSPS) is 11.1. The zero-order valence-corrected chi connectivity index (χ0v) is 13.7. The van der Waals surface area contributed by atoms with E-state index in [9.17, 15) is 4.79 Å². The number of nitrogens with zero attached hydrogens (tertiary/aromatic N) is 3. The molecule has 7 nitrogen and oxygen atoms in total. The van der Waals surface area contributed by atoms with Gasteiger partial charge in [-0.15, -0.1) is 16.4 Å². The number of benzene rings is 1. The van der Waals surface area contributed by atoms with Crippen molar-refractivity contribution in [3.05, 3.63) is 46.9 Å². The van der Waals surface area contributed by atoms with Gasteiger partial charge in [0, 0.05) is 5.56 Å². The van der Waals surface area contributed by atoms with Crippen molar-refractivity contribution in [3.8, 4) is 11.5 Å². The molecule has 4 rings (SSSR count). The highest BCUT2D eigenvalue weighted by molar-refractivity contribution is 7.16. The lowest BCUT2D eigenvalue weighted by Gasteiger charge is -2.00. The minimum absolute atomic E-state index is 0.0395. The molecule has 1 aromatic carbocycles. The molecule has 0 radical (unpaired) electrons. The van der Waals surface area contributed by atoms with Gasteiger partial charge in [0.05, 0.1) is 21.3 Å². The number of rotatable bonds is 3. The van der Waals surface area contributed by atoms with Crippen molar-refractivity contribution < 1.29 is 13.6 Å². The Hall–Kier alpha value is -3.00. The van der Waals surface area contributed by atoms with Gasteiger partial charge in [-0.2, -0.15) is 0 Å². The molecule has 0 unspecified atom stereocenters. The fraction of sp³-hybridized carbons (Fsp3) is 0.125. The van der Waals surface area contributed by atoms with Gasteiger partial charge in [0.15, 0.2) is 0 Å². The van der Waals surface area contributed by atoms with Crippen LogP contribution in [-0.4, -0.2) is 21.1 Å². The van der Waals surface area contributed by atoms with E-state index in [1.165, 1.54) is 11.3 Å². The molecule has 0 aliphatic carbocycles. The summed E-state index contributed by atoms with van der Waals surface area (Å²) in [6.45, 7) is 3.65. The SMILES string of the molecule is Cc1cc(-c2nnc(NC(=O)c3ccc4ncsc4c3)o2)c(C)o1. The van der Waals surface area contributed by atoms with Gasteiger partial charge in [-0.1, -0.05) is 5.10 Å². The zero-order valence-electron chi connectivity index (χ0n) is 12.9. The summed E-state index contributed by atoms with van der Waals surface area (Å²) >= 11 is 1.48. The maximum Gasteiger partial charge on any atom is 0.322 e. The lowest BCUT2D eigenvalue weighted by atomic mass is 10.2. The average Bonchev–Trinajstić information content (AvgIpc) is 3.26. The van der Waals surface area contributed by atoms with Gasteiger partial charge in [0.1, 0.15) is 11.5 Å². The third-order valence-corrected chi connectivity index (χ3v) is 4.30. The summed E-state index contributed by atoms with van der Waals surface area (Å²) in [5.41, 5.74) is 3.82. The summed E-state index contributed by atoms with van der Waals surface area (Å²) in [5, 5.41) is 10.4. The van der Waals surface area contributed by atoms with E-state index in [2.05, 4.69) is 20.5 Å². The third kappa shape index (κ3) is 2.56. The van der Waals surface area contributed by atoms with Crippen LogP contribution < -0.4 is 5.32 Å². The molecule has 24 heavy (non-hydrogen) atoms. The summed E-state index contributed by atoms with van der Waals surface area (Å²) < 4.78 is 11.9. The fourth-order valence-corrected chi connectivity index (χ4v) is 3.11. The molecule has 0 fully saturated rings. The minimum atomic E-state index is -0.319. The molecular formula is C16H12N4O3S. The Balaban J connectivity index is 1.57. The Labute approximate surface area is 140 Å². The van der Waals surface area contributed by atoms with Crippen molar-refractivity contribution in [2.24, 2.45) is 0 Å². The Morgan fingerprint density at radius 1 is 1.17 bits per heavy atom. The van der Waals surface area contributed by atoms with Crippen molar-refractivity contribution in [2.75, 3.05) is 5.32 Å². The standard InChI is InChI=1S/C16H12N4O3S/c1-8-5-11(9(2)22-8)15-19-20-16(23-15)18-14(21)10-3-4-12-13(6-10)24-7-17-12/h3-7H,1-2H3,(H,18,20,21). The summed E-state index contributed by atoms with van der Waals surface area (Å²) in [5.74, 6) is 1.42. The summed E-state index contributed by atoms with van der Waals surface area (Å²) in [6.07, 6.45) is 0. The number of hydrogen-bond donors (Lipinski definition) is 1. The van der Waals surface area contributed by atoms with Crippen LogP contribution in [0.3, 0.4) is 0 Å². The lowest BCUT2D eigenvalue weighted by molar-refractivity contribution is 0.102. The topological polar surface area (TPSA) is 94.1 Å². The molecule has 3 aromatic heterocycles. The second-order valence-corrected chi connectivity index (χ2v) is 6.11. The highest BCUT2D eigenvalue weighted by atomic mass is 32.1. The second kappa shape index (κ2) is 5.57. The maximum atomic E-state index is 12.3. The van der Waals surface area contributed by atoms with E-state index in [0.29, 0.717) is 22.8 Å². The molecule has 1 amide bonds. The van der Waals surface area contributed by atoms with Gasteiger partial charge in [0.25, 0.3) is 11.8 Å². The molecule has 0 aliphatic rings. The summed E-state index contributed by atoms with van der Waals surface area (Å²) in [4.78, 5) is 16.5. The third-order valence-electron chi connectivity index (χ3n) is 3.51. The number of nitrogens with one attached hydrogen (secondary N) is 1. The number of fused-ring (bicyclic) bond motifs is 1. The number of anilines is 1. The van der Waals surface area contributed by atoms with E-state index in [1.807, 2.05) is 19.9 Å². The second-order valence-electron chi connectivity index (χ2n) is 5.23. The van der Waals surface area contributed by atoms with E-state index >= 15 is 0 Å². The molecule has 0 spiro atoms. The number of carbonyl (C=O) groups excluding carboxylic acids is 1. The first-order valence-corrected chi connectivity index (χ1v) is 8.03. The highest BCUT2D eigenvalue weighted by Crippen LogP contribution is 2.26. The molecule has 0 aliphatic heterocycles. The number of aromatic nitrogens is 3. The van der Waals surface area contributed by atoms with Crippen LogP contribution in [0.4, 0.5) is 6.01 Å². The quantitative estimate of drug-likeness (QED) is 0.609.